The smallest absolute Gasteiger partial charge is 0.242 e. The van der Waals surface area contributed by atoms with Crippen LogP contribution in [0.5, 0.6) is 0 Å². The number of nitrogens with one attached hydrogen (secondary N) is 1. The normalized spacial score (nSPS) is 11.7. The first-order chi connectivity index (χ1) is 13.4. The molecule has 2 rings (SSSR count). The maximum atomic E-state index is 13.2. The fourth-order valence-electron chi connectivity index (χ4n) is 2.86. The van der Waals surface area contributed by atoms with Crippen LogP contribution in [0.1, 0.15) is 31.4 Å². The van der Waals surface area contributed by atoms with Gasteiger partial charge in [-0.25, -0.2) is 4.39 Å². The van der Waals surface area contributed by atoms with Crippen molar-refractivity contribution in [3.05, 3.63) is 65.5 Å². The number of hydrogen-bond donors (Lipinski definition) is 1. The second-order valence-corrected chi connectivity index (χ2v) is 7.62. The van der Waals surface area contributed by atoms with Crippen LogP contribution in [0, 0.1) is 12.7 Å². The molecule has 2 amide bonds. The molecule has 0 aliphatic rings. The molecule has 0 saturated carbocycles. The van der Waals surface area contributed by atoms with Gasteiger partial charge in [0.25, 0.3) is 0 Å². The molecule has 0 saturated heterocycles. The Morgan fingerprint density at radius 2 is 1.71 bits per heavy atom. The maximum Gasteiger partial charge on any atom is 0.242 e. The highest BCUT2D eigenvalue weighted by Crippen LogP contribution is 2.21. The quantitative estimate of drug-likeness (QED) is 0.641. The van der Waals surface area contributed by atoms with E-state index in [1.807, 2.05) is 45.0 Å². The molecule has 0 fully saturated rings. The van der Waals surface area contributed by atoms with Crippen LogP contribution in [0.3, 0.4) is 0 Å². The number of carbonyl (C=O) groups excluding carboxylic acids is 2. The molecule has 0 unspecified atom stereocenters. The second kappa shape index (κ2) is 10.9. The zero-order chi connectivity index (χ0) is 20.5. The van der Waals surface area contributed by atoms with Gasteiger partial charge in [-0.15, -0.1) is 11.8 Å². The number of amides is 2. The minimum Gasteiger partial charge on any atom is -0.355 e. The monoisotopic (exact) mass is 402 g/mol. The van der Waals surface area contributed by atoms with Crippen LogP contribution in [-0.4, -0.2) is 35.1 Å². The van der Waals surface area contributed by atoms with Crippen molar-refractivity contribution in [2.45, 2.75) is 44.7 Å². The number of nitrogens with zero attached hydrogens (tertiary/aromatic N) is 1. The molecule has 0 bridgehead atoms. The zero-order valence-corrected chi connectivity index (χ0v) is 17.4. The number of likely N-dealkylation sites (N-methyl/N-ethyl adjacent to an activating group) is 1. The van der Waals surface area contributed by atoms with E-state index in [0.29, 0.717) is 13.0 Å². The lowest BCUT2D eigenvalue weighted by molar-refractivity contribution is -0.139. The largest absolute Gasteiger partial charge is 0.355 e. The van der Waals surface area contributed by atoms with Gasteiger partial charge in [0.05, 0.1) is 5.75 Å². The highest BCUT2D eigenvalue weighted by Gasteiger charge is 2.28. The number of benzene rings is 2. The zero-order valence-electron chi connectivity index (χ0n) is 16.6. The third-order valence-corrected chi connectivity index (χ3v) is 5.38. The van der Waals surface area contributed by atoms with E-state index in [0.717, 1.165) is 16.0 Å². The number of halogens is 1. The highest BCUT2D eigenvalue weighted by atomic mass is 32.2. The van der Waals surface area contributed by atoms with Crippen molar-refractivity contribution in [3.63, 3.8) is 0 Å². The van der Waals surface area contributed by atoms with Crippen molar-refractivity contribution >= 4 is 23.6 Å². The molecule has 150 valence electrons. The first-order valence-electron chi connectivity index (χ1n) is 9.45. The molecule has 1 atom stereocenters. The van der Waals surface area contributed by atoms with Gasteiger partial charge in [-0.2, -0.15) is 0 Å². The van der Waals surface area contributed by atoms with Crippen LogP contribution in [0.15, 0.2) is 53.4 Å². The Morgan fingerprint density at radius 3 is 2.29 bits per heavy atom. The number of aryl methyl sites for hydroxylation is 1. The summed E-state index contributed by atoms with van der Waals surface area (Å²) in [6.45, 7) is 6.53. The lowest BCUT2D eigenvalue weighted by Gasteiger charge is -2.30. The summed E-state index contributed by atoms with van der Waals surface area (Å²) < 4.78 is 13.2. The Hall–Kier alpha value is -2.34. The first kappa shape index (κ1) is 22.0. The molecule has 2 aromatic carbocycles. The highest BCUT2D eigenvalue weighted by molar-refractivity contribution is 8.00. The molecule has 0 heterocycles. The van der Waals surface area contributed by atoms with Crippen LogP contribution >= 0.6 is 11.8 Å². The lowest BCUT2D eigenvalue weighted by atomic mass is 10.1. The van der Waals surface area contributed by atoms with Gasteiger partial charge in [0.15, 0.2) is 0 Å². The van der Waals surface area contributed by atoms with Gasteiger partial charge in [-0.1, -0.05) is 36.8 Å². The van der Waals surface area contributed by atoms with E-state index >= 15 is 0 Å². The van der Waals surface area contributed by atoms with Crippen molar-refractivity contribution in [1.29, 1.82) is 0 Å². The molecule has 0 aliphatic heterocycles. The van der Waals surface area contributed by atoms with E-state index in [9.17, 15) is 14.0 Å². The van der Waals surface area contributed by atoms with Gasteiger partial charge in [-0.3, -0.25) is 9.59 Å². The Bertz CT molecular complexity index is 778. The Kier molecular flexibility index (Phi) is 8.51. The average Bonchev–Trinajstić information content (AvgIpc) is 2.69. The van der Waals surface area contributed by atoms with Crippen LogP contribution in [-0.2, 0) is 16.1 Å². The van der Waals surface area contributed by atoms with E-state index in [-0.39, 0.29) is 29.9 Å². The number of thioether (sulfide) groups is 1. The number of rotatable bonds is 9. The SMILES string of the molecule is CCNC(=O)[C@@H](CC)N(Cc1ccc(F)cc1)C(=O)CSc1ccc(C)cc1. The molecule has 0 radical (unpaired) electrons. The van der Waals surface area contributed by atoms with Gasteiger partial charge in [-0.05, 0) is 50.1 Å². The van der Waals surface area contributed by atoms with Crippen LogP contribution in [0.2, 0.25) is 0 Å². The predicted molar refractivity (Wildman–Crippen MR) is 112 cm³/mol. The summed E-state index contributed by atoms with van der Waals surface area (Å²) in [6.07, 6.45) is 0.508. The van der Waals surface area contributed by atoms with E-state index in [4.69, 9.17) is 0 Å². The predicted octanol–water partition coefficient (Wildman–Crippen LogP) is 4.17. The molecule has 1 N–H and O–H groups in total. The Balaban J connectivity index is 2.16. The lowest BCUT2D eigenvalue weighted by Crippen LogP contribution is -2.49. The van der Waals surface area contributed by atoms with Gasteiger partial charge in [0.1, 0.15) is 11.9 Å². The summed E-state index contributed by atoms with van der Waals surface area (Å²) in [6, 6.07) is 13.4. The summed E-state index contributed by atoms with van der Waals surface area (Å²) in [5.41, 5.74) is 1.95. The topological polar surface area (TPSA) is 49.4 Å². The molecule has 2 aromatic rings. The fourth-order valence-corrected chi connectivity index (χ4v) is 3.65. The average molecular weight is 403 g/mol. The van der Waals surface area contributed by atoms with E-state index in [1.54, 1.807) is 17.0 Å². The minimum atomic E-state index is -0.559. The Labute approximate surface area is 170 Å². The van der Waals surface area contributed by atoms with Crippen molar-refractivity contribution in [1.82, 2.24) is 10.2 Å². The minimum absolute atomic E-state index is 0.118. The van der Waals surface area contributed by atoms with Crippen LogP contribution in [0.4, 0.5) is 4.39 Å². The van der Waals surface area contributed by atoms with Crippen molar-refractivity contribution in [2.24, 2.45) is 0 Å². The molecular weight excluding hydrogens is 375 g/mol. The third kappa shape index (κ3) is 6.37. The van der Waals surface area contributed by atoms with E-state index in [2.05, 4.69) is 5.32 Å². The van der Waals surface area contributed by atoms with Crippen molar-refractivity contribution < 1.29 is 14.0 Å². The van der Waals surface area contributed by atoms with Crippen LogP contribution < -0.4 is 5.32 Å². The number of hydrogen-bond acceptors (Lipinski definition) is 3. The Morgan fingerprint density at radius 1 is 1.07 bits per heavy atom. The maximum absolute atomic E-state index is 13.2. The second-order valence-electron chi connectivity index (χ2n) is 6.57. The van der Waals surface area contributed by atoms with Crippen LogP contribution in [0.25, 0.3) is 0 Å². The first-order valence-corrected chi connectivity index (χ1v) is 10.4. The molecule has 0 spiro atoms. The standard InChI is InChI=1S/C22H27FN2O2S/c1-4-20(22(27)24-5-2)25(14-17-8-10-18(23)11-9-17)21(26)15-28-19-12-6-16(3)7-13-19/h6-13,20H,4-5,14-15H2,1-3H3,(H,24,27)/t20-/m1/s1. The van der Waals surface area contributed by atoms with Crippen molar-refractivity contribution in [3.8, 4) is 0 Å². The van der Waals surface area contributed by atoms with E-state index in [1.165, 1.54) is 23.9 Å². The summed E-state index contributed by atoms with van der Waals surface area (Å²) in [7, 11) is 0. The molecular formula is C22H27FN2O2S. The summed E-state index contributed by atoms with van der Waals surface area (Å²) in [5.74, 6) is -0.374. The van der Waals surface area contributed by atoms with Crippen molar-refractivity contribution in [2.75, 3.05) is 12.3 Å². The van der Waals surface area contributed by atoms with Gasteiger partial charge < -0.3 is 10.2 Å². The molecule has 0 aromatic heterocycles. The van der Waals surface area contributed by atoms with E-state index < -0.39 is 6.04 Å². The summed E-state index contributed by atoms with van der Waals surface area (Å²) in [5, 5.41) is 2.81. The molecule has 28 heavy (non-hydrogen) atoms. The molecule has 4 nitrogen and oxygen atoms in total. The summed E-state index contributed by atoms with van der Waals surface area (Å²) in [4.78, 5) is 28.1. The third-order valence-electron chi connectivity index (χ3n) is 4.39. The fraction of sp³-hybridized carbons (Fsp3) is 0.364. The molecule has 0 aliphatic carbocycles. The van der Waals surface area contributed by atoms with Gasteiger partial charge >= 0.3 is 0 Å². The number of carbonyl (C=O) groups is 2. The molecule has 6 heteroatoms. The van der Waals surface area contributed by atoms with Gasteiger partial charge in [0.2, 0.25) is 11.8 Å². The van der Waals surface area contributed by atoms with Gasteiger partial charge in [0, 0.05) is 18.0 Å². The summed E-state index contributed by atoms with van der Waals surface area (Å²) >= 11 is 1.45.